The maximum Gasteiger partial charge on any atom is 0.304 e. The molecule has 0 aliphatic heterocycles. The summed E-state index contributed by atoms with van der Waals surface area (Å²) in [4.78, 5) is 22.7. The molecule has 0 spiro atoms. The van der Waals surface area contributed by atoms with Crippen LogP contribution in [0.25, 0.3) is 0 Å². The van der Waals surface area contributed by atoms with E-state index in [1.165, 1.54) is 0 Å². The molecule has 0 saturated carbocycles. The van der Waals surface area contributed by atoms with Crippen molar-refractivity contribution in [3.63, 3.8) is 0 Å². The van der Waals surface area contributed by atoms with Gasteiger partial charge in [0.05, 0.1) is 6.42 Å². The van der Waals surface area contributed by atoms with Gasteiger partial charge in [-0.05, 0) is 26.8 Å². The Kier molecular flexibility index (Phi) is 6.70. The first-order chi connectivity index (χ1) is 6.93. The largest absolute Gasteiger partial charge is 0.481 e. The molecule has 0 aliphatic rings. The normalized spacial score (nSPS) is 10.9. The summed E-state index contributed by atoms with van der Waals surface area (Å²) < 4.78 is 0. The van der Waals surface area contributed by atoms with Crippen molar-refractivity contribution in [1.82, 2.24) is 4.90 Å². The number of carboxylic acids is 2. The predicted octanol–water partition coefficient (Wildman–Crippen LogP) is 1.04. The summed E-state index contributed by atoms with van der Waals surface area (Å²) in [7, 11) is 0. The third-order valence-electron chi connectivity index (χ3n) is 2.18. The van der Waals surface area contributed by atoms with Gasteiger partial charge in [-0.1, -0.05) is 0 Å². The Hall–Kier alpha value is -1.10. The van der Waals surface area contributed by atoms with Crippen molar-refractivity contribution in [2.45, 2.75) is 39.2 Å². The average Bonchev–Trinajstić information content (AvgIpc) is 2.09. The summed E-state index contributed by atoms with van der Waals surface area (Å²) in [6, 6.07) is 0.248. The first-order valence-electron chi connectivity index (χ1n) is 5.11. The van der Waals surface area contributed by atoms with E-state index in [-0.39, 0.29) is 18.9 Å². The fourth-order valence-electron chi connectivity index (χ4n) is 1.30. The van der Waals surface area contributed by atoms with Crippen molar-refractivity contribution in [2.75, 3.05) is 13.1 Å². The zero-order chi connectivity index (χ0) is 11.8. The maximum absolute atomic E-state index is 10.4. The molecule has 0 radical (unpaired) electrons. The van der Waals surface area contributed by atoms with Gasteiger partial charge in [-0.15, -0.1) is 0 Å². The van der Waals surface area contributed by atoms with Gasteiger partial charge in [0.1, 0.15) is 0 Å². The molecule has 0 aliphatic carbocycles. The second-order valence-corrected chi connectivity index (χ2v) is 3.77. The molecule has 88 valence electrons. The van der Waals surface area contributed by atoms with Crippen molar-refractivity contribution in [3.8, 4) is 0 Å². The molecule has 2 N–H and O–H groups in total. The summed E-state index contributed by atoms with van der Waals surface area (Å²) in [5.74, 6) is -1.63. The van der Waals surface area contributed by atoms with E-state index in [0.717, 1.165) is 0 Å². The number of hydrogen-bond acceptors (Lipinski definition) is 3. The highest BCUT2D eigenvalue weighted by atomic mass is 16.4. The number of hydrogen-bond donors (Lipinski definition) is 2. The van der Waals surface area contributed by atoms with Crippen molar-refractivity contribution in [3.05, 3.63) is 0 Å². The fraction of sp³-hybridized carbons (Fsp3) is 0.800. The number of carbonyl (C=O) groups is 2. The Morgan fingerprint density at radius 2 is 1.60 bits per heavy atom. The molecule has 0 fully saturated rings. The van der Waals surface area contributed by atoms with Crippen molar-refractivity contribution < 1.29 is 19.8 Å². The summed E-state index contributed by atoms with van der Waals surface area (Å²) in [5, 5.41) is 17.0. The lowest BCUT2D eigenvalue weighted by Crippen LogP contribution is -2.34. The lowest BCUT2D eigenvalue weighted by molar-refractivity contribution is -0.138. The molecule has 0 unspecified atom stereocenters. The first-order valence-corrected chi connectivity index (χ1v) is 5.11. The van der Waals surface area contributed by atoms with E-state index in [0.29, 0.717) is 19.5 Å². The maximum atomic E-state index is 10.4. The van der Waals surface area contributed by atoms with Gasteiger partial charge in [0.25, 0.3) is 0 Å². The van der Waals surface area contributed by atoms with Crippen LogP contribution >= 0.6 is 0 Å². The molecular formula is C10H19NO4. The predicted molar refractivity (Wildman–Crippen MR) is 55.8 cm³/mol. The van der Waals surface area contributed by atoms with E-state index in [4.69, 9.17) is 10.2 Å². The van der Waals surface area contributed by atoms with Crippen LogP contribution in [0, 0.1) is 0 Å². The zero-order valence-corrected chi connectivity index (χ0v) is 9.27. The molecule has 0 amide bonds. The van der Waals surface area contributed by atoms with Gasteiger partial charge in [-0.3, -0.25) is 9.59 Å². The quantitative estimate of drug-likeness (QED) is 0.635. The summed E-state index contributed by atoms with van der Waals surface area (Å²) in [6.45, 7) is 5.06. The highest BCUT2D eigenvalue weighted by molar-refractivity contribution is 5.67. The van der Waals surface area contributed by atoms with Gasteiger partial charge < -0.3 is 15.1 Å². The lowest BCUT2D eigenvalue weighted by Gasteiger charge is -2.25. The molecule has 15 heavy (non-hydrogen) atoms. The van der Waals surface area contributed by atoms with Crippen LogP contribution < -0.4 is 0 Å². The van der Waals surface area contributed by atoms with Gasteiger partial charge in [-0.25, -0.2) is 0 Å². The molecule has 5 nitrogen and oxygen atoms in total. The Labute approximate surface area is 89.7 Å². The minimum Gasteiger partial charge on any atom is -0.481 e. The molecule has 0 bridgehead atoms. The van der Waals surface area contributed by atoms with Crippen LogP contribution in [0.15, 0.2) is 0 Å². The van der Waals surface area contributed by atoms with Gasteiger partial charge >= 0.3 is 11.9 Å². The number of aliphatic carboxylic acids is 2. The van der Waals surface area contributed by atoms with Gasteiger partial charge in [0.15, 0.2) is 0 Å². The highest BCUT2D eigenvalue weighted by Crippen LogP contribution is 2.03. The molecule has 0 aromatic heterocycles. The van der Waals surface area contributed by atoms with E-state index in [1.54, 1.807) is 0 Å². The second-order valence-electron chi connectivity index (χ2n) is 3.77. The molecule has 0 aromatic rings. The van der Waals surface area contributed by atoms with Crippen molar-refractivity contribution in [2.24, 2.45) is 0 Å². The third kappa shape index (κ3) is 7.93. The van der Waals surface area contributed by atoms with Crippen molar-refractivity contribution >= 4 is 11.9 Å². The molecule has 0 saturated heterocycles. The smallest absolute Gasteiger partial charge is 0.304 e. The molecule has 5 heteroatoms. The summed E-state index contributed by atoms with van der Waals surface area (Å²) in [6.07, 6.45) is 0.800. The van der Waals surface area contributed by atoms with Crippen LogP contribution in [0.3, 0.4) is 0 Å². The minimum absolute atomic E-state index is 0.102. The van der Waals surface area contributed by atoms with Crippen LogP contribution in [0.5, 0.6) is 0 Å². The van der Waals surface area contributed by atoms with Crippen LogP contribution in [0.4, 0.5) is 0 Å². The van der Waals surface area contributed by atoms with E-state index in [2.05, 4.69) is 0 Å². The van der Waals surface area contributed by atoms with Gasteiger partial charge in [-0.2, -0.15) is 0 Å². The van der Waals surface area contributed by atoms with E-state index in [9.17, 15) is 9.59 Å². The van der Waals surface area contributed by atoms with Crippen LogP contribution in [0.2, 0.25) is 0 Å². The Morgan fingerprint density at radius 1 is 1.07 bits per heavy atom. The summed E-state index contributed by atoms with van der Waals surface area (Å²) >= 11 is 0. The highest BCUT2D eigenvalue weighted by Gasteiger charge is 2.11. The van der Waals surface area contributed by atoms with Crippen molar-refractivity contribution in [1.29, 1.82) is 0 Å². The van der Waals surface area contributed by atoms with E-state index in [1.807, 2.05) is 18.7 Å². The average molecular weight is 217 g/mol. The SMILES string of the molecule is CC(C)N(CCCC(=O)O)CCC(=O)O. The molecular weight excluding hydrogens is 198 g/mol. The Morgan fingerprint density at radius 3 is 2.00 bits per heavy atom. The summed E-state index contributed by atoms with van der Waals surface area (Å²) in [5.41, 5.74) is 0. The van der Waals surface area contributed by atoms with Crippen LogP contribution in [-0.2, 0) is 9.59 Å². The topological polar surface area (TPSA) is 77.8 Å². The standard InChI is InChI=1S/C10H19NO4/c1-8(2)11(7-5-10(14)15)6-3-4-9(12)13/h8H,3-7H2,1-2H3,(H,12,13)(H,14,15). The van der Waals surface area contributed by atoms with Crippen LogP contribution in [-0.4, -0.2) is 46.2 Å². The van der Waals surface area contributed by atoms with Gasteiger partial charge in [0, 0.05) is 19.0 Å². The fourth-order valence-corrected chi connectivity index (χ4v) is 1.30. The zero-order valence-electron chi connectivity index (χ0n) is 9.27. The number of nitrogens with zero attached hydrogens (tertiary/aromatic N) is 1. The Balaban J connectivity index is 3.83. The minimum atomic E-state index is -0.820. The molecule has 0 heterocycles. The third-order valence-corrected chi connectivity index (χ3v) is 2.18. The first kappa shape index (κ1) is 13.9. The second kappa shape index (κ2) is 7.23. The Bertz CT molecular complexity index is 215. The number of carboxylic acid groups (broad SMARTS) is 2. The lowest BCUT2D eigenvalue weighted by atomic mass is 10.2. The number of rotatable bonds is 8. The molecule has 0 aromatic carbocycles. The van der Waals surface area contributed by atoms with Gasteiger partial charge in [0.2, 0.25) is 0 Å². The molecule has 0 atom stereocenters. The van der Waals surface area contributed by atoms with E-state index >= 15 is 0 Å². The monoisotopic (exact) mass is 217 g/mol. The van der Waals surface area contributed by atoms with Crippen LogP contribution in [0.1, 0.15) is 33.1 Å². The van der Waals surface area contributed by atoms with E-state index < -0.39 is 11.9 Å². The molecule has 0 rings (SSSR count).